The predicted octanol–water partition coefficient (Wildman–Crippen LogP) is 3.34. The number of aromatic amines is 1. The van der Waals surface area contributed by atoms with Gasteiger partial charge in [0, 0.05) is 19.8 Å². The maximum atomic E-state index is 12.0. The molecule has 2 N–H and O–H groups in total. The SMILES string of the molecule is Cc1cc(NC(=O)c2cc(I)ccc2Br)n[nH]1. The first-order valence-electron chi connectivity index (χ1n) is 4.84. The molecular weight excluding hydrogens is 397 g/mol. The highest BCUT2D eigenvalue weighted by Crippen LogP contribution is 2.20. The van der Waals surface area contributed by atoms with E-state index in [0.29, 0.717) is 11.4 Å². The number of halogens is 2. The molecule has 1 aromatic heterocycles. The lowest BCUT2D eigenvalue weighted by Crippen LogP contribution is -2.13. The molecule has 0 saturated heterocycles. The van der Waals surface area contributed by atoms with Gasteiger partial charge in [0.15, 0.2) is 5.82 Å². The van der Waals surface area contributed by atoms with Gasteiger partial charge in [-0.2, -0.15) is 5.10 Å². The van der Waals surface area contributed by atoms with Gasteiger partial charge in [0.2, 0.25) is 0 Å². The lowest BCUT2D eigenvalue weighted by Gasteiger charge is -2.04. The highest BCUT2D eigenvalue weighted by atomic mass is 127. The van der Waals surface area contributed by atoms with Crippen LogP contribution in [-0.4, -0.2) is 16.1 Å². The Bertz CT molecular complexity index is 568. The standard InChI is InChI=1S/C11H9BrIN3O/c1-6-4-10(16-15-6)14-11(17)8-5-7(13)2-3-9(8)12/h2-5H,1H3,(H2,14,15,16,17). The monoisotopic (exact) mass is 405 g/mol. The number of H-pyrrole nitrogens is 1. The molecule has 0 aliphatic heterocycles. The number of benzene rings is 1. The molecule has 17 heavy (non-hydrogen) atoms. The van der Waals surface area contributed by atoms with E-state index in [1.165, 1.54) is 0 Å². The number of nitrogens with one attached hydrogen (secondary N) is 2. The van der Waals surface area contributed by atoms with Crippen molar-refractivity contribution in [1.82, 2.24) is 10.2 Å². The first-order valence-corrected chi connectivity index (χ1v) is 6.72. The lowest BCUT2D eigenvalue weighted by atomic mass is 10.2. The van der Waals surface area contributed by atoms with Crippen LogP contribution in [0.2, 0.25) is 0 Å². The largest absolute Gasteiger partial charge is 0.305 e. The van der Waals surface area contributed by atoms with Crippen LogP contribution in [0.4, 0.5) is 5.82 Å². The van der Waals surface area contributed by atoms with Crippen LogP contribution < -0.4 is 5.32 Å². The summed E-state index contributed by atoms with van der Waals surface area (Å²) >= 11 is 5.53. The van der Waals surface area contributed by atoms with Crippen LogP contribution in [0, 0.1) is 10.5 Å². The summed E-state index contributed by atoms with van der Waals surface area (Å²) in [5.41, 5.74) is 1.50. The van der Waals surface area contributed by atoms with E-state index in [1.54, 1.807) is 6.07 Å². The van der Waals surface area contributed by atoms with Crippen LogP contribution in [0.15, 0.2) is 28.7 Å². The number of aryl methyl sites for hydroxylation is 1. The smallest absolute Gasteiger partial charge is 0.258 e. The molecule has 0 aliphatic carbocycles. The molecule has 0 spiro atoms. The molecule has 1 amide bonds. The molecule has 4 nitrogen and oxygen atoms in total. The van der Waals surface area contributed by atoms with E-state index in [-0.39, 0.29) is 5.91 Å². The van der Waals surface area contributed by atoms with Gasteiger partial charge in [-0.05, 0) is 63.6 Å². The molecule has 88 valence electrons. The highest BCUT2D eigenvalue weighted by molar-refractivity contribution is 14.1. The quantitative estimate of drug-likeness (QED) is 0.753. The fourth-order valence-electron chi connectivity index (χ4n) is 1.34. The van der Waals surface area contributed by atoms with Crippen molar-refractivity contribution in [3.63, 3.8) is 0 Å². The minimum atomic E-state index is -0.179. The number of carbonyl (C=O) groups is 1. The van der Waals surface area contributed by atoms with Crippen LogP contribution in [0.1, 0.15) is 16.1 Å². The number of hydrogen-bond acceptors (Lipinski definition) is 2. The van der Waals surface area contributed by atoms with Crippen LogP contribution in [0.5, 0.6) is 0 Å². The van der Waals surface area contributed by atoms with Crippen LogP contribution >= 0.6 is 38.5 Å². The number of carbonyl (C=O) groups excluding carboxylic acids is 1. The van der Waals surface area contributed by atoms with Crippen molar-refractivity contribution in [1.29, 1.82) is 0 Å². The molecule has 0 saturated carbocycles. The van der Waals surface area contributed by atoms with E-state index in [9.17, 15) is 4.79 Å². The minimum Gasteiger partial charge on any atom is -0.305 e. The summed E-state index contributed by atoms with van der Waals surface area (Å²) in [5.74, 6) is 0.347. The van der Waals surface area contributed by atoms with Crippen molar-refractivity contribution >= 4 is 50.2 Å². The third kappa shape index (κ3) is 3.06. The molecule has 0 unspecified atom stereocenters. The Morgan fingerprint density at radius 3 is 2.88 bits per heavy atom. The molecule has 0 radical (unpaired) electrons. The van der Waals surface area contributed by atoms with E-state index >= 15 is 0 Å². The molecule has 6 heteroatoms. The Labute approximate surface area is 120 Å². The number of aromatic nitrogens is 2. The lowest BCUT2D eigenvalue weighted by molar-refractivity contribution is 0.102. The van der Waals surface area contributed by atoms with Crippen molar-refractivity contribution in [3.05, 3.63) is 43.6 Å². The summed E-state index contributed by atoms with van der Waals surface area (Å²) in [7, 11) is 0. The maximum absolute atomic E-state index is 12.0. The molecule has 2 rings (SSSR count). The van der Waals surface area contributed by atoms with Gasteiger partial charge in [-0.25, -0.2) is 0 Å². The Morgan fingerprint density at radius 1 is 1.47 bits per heavy atom. The molecular formula is C11H9BrIN3O. The third-order valence-electron chi connectivity index (χ3n) is 2.12. The third-order valence-corrected chi connectivity index (χ3v) is 3.48. The van der Waals surface area contributed by atoms with Gasteiger partial charge in [0.1, 0.15) is 0 Å². The highest BCUT2D eigenvalue weighted by Gasteiger charge is 2.11. The second-order valence-corrected chi connectivity index (χ2v) is 5.61. The van der Waals surface area contributed by atoms with Gasteiger partial charge < -0.3 is 5.32 Å². The molecule has 1 heterocycles. The summed E-state index contributed by atoms with van der Waals surface area (Å²) in [6.07, 6.45) is 0. The van der Waals surface area contributed by atoms with E-state index in [0.717, 1.165) is 13.7 Å². The molecule has 0 fully saturated rings. The van der Waals surface area contributed by atoms with Gasteiger partial charge >= 0.3 is 0 Å². The predicted molar refractivity (Wildman–Crippen MR) is 78.1 cm³/mol. The Kier molecular flexibility index (Phi) is 3.82. The number of amides is 1. The second-order valence-electron chi connectivity index (χ2n) is 3.51. The van der Waals surface area contributed by atoms with Gasteiger partial charge in [0.05, 0.1) is 5.56 Å². The maximum Gasteiger partial charge on any atom is 0.258 e. The van der Waals surface area contributed by atoms with E-state index in [1.807, 2.05) is 25.1 Å². The molecule has 0 bridgehead atoms. The van der Waals surface area contributed by atoms with Gasteiger partial charge in [-0.15, -0.1) is 0 Å². The fourth-order valence-corrected chi connectivity index (χ4v) is 2.26. The Morgan fingerprint density at radius 2 is 2.24 bits per heavy atom. The van der Waals surface area contributed by atoms with E-state index < -0.39 is 0 Å². The average Bonchev–Trinajstić information content (AvgIpc) is 2.67. The van der Waals surface area contributed by atoms with Gasteiger partial charge in [-0.3, -0.25) is 9.89 Å². The zero-order chi connectivity index (χ0) is 12.4. The Hall–Kier alpha value is -0.890. The summed E-state index contributed by atoms with van der Waals surface area (Å²) in [5, 5.41) is 9.47. The zero-order valence-corrected chi connectivity index (χ0v) is 12.7. The number of nitrogens with zero attached hydrogens (tertiary/aromatic N) is 1. The van der Waals surface area contributed by atoms with Crippen molar-refractivity contribution in [2.24, 2.45) is 0 Å². The molecule has 0 aliphatic rings. The van der Waals surface area contributed by atoms with Gasteiger partial charge in [0.25, 0.3) is 5.91 Å². The number of hydrogen-bond donors (Lipinski definition) is 2. The first kappa shape index (κ1) is 12.6. The van der Waals surface area contributed by atoms with Crippen molar-refractivity contribution in [3.8, 4) is 0 Å². The first-order chi connectivity index (χ1) is 8.06. The average molecular weight is 406 g/mol. The molecule has 1 aromatic carbocycles. The number of rotatable bonds is 2. The van der Waals surface area contributed by atoms with Crippen molar-refractivity contribution in [2.75, 3.05) is 5.32 Å². The second kappa shape index (κ2) is 5.18. The fraction of sp³-hybridized carbons (Fsp3) is 0.0909. The normalized spacial score (nSPS) is 10.3. The van der Waals surface area contributed by atoms with E-state index in [4.69, 9.17) is 0 Å². The van der Waals surface area contributed by atoms with Gasteiger partial charge in [-0.1, -0.05) is 0 Å². The Balaban J connectivity index is 2.22. The van der Waals surface area contributed by atoms with Crippen molar-refractivity contribution < 1.29 is 4.79 Å². The topological polar surface area (TPSA) is 57.8 Å². The van der Waals surface area contributed by atoms with E-state index in [2.05, 4.69) is 54.0 Å². The zero-order valence-electron chi connectivity index (χ0n) is 8.92. The van der Waals surface area contributed by atoms with Crippen molar-refractivity contribution in [2.45, 2.75) is 6.92 Å². The summed E-state index contributed by atoms with van der Waals surface area (Å²) in [4.78, 5) is 12.0. The van der Waals surface area contributed by atoms with Crippen LogP contribution in [0.25, 0.3) is 0 Å². The van der Waals surface area contributed by atoms with Crippen LogP contribution in [-0.2, 0) is 0 Å². The molecule has 2 aromatic rings. The minimum absolute atomic E-state index is 0.179. The summed E-state index contributed by atoms with van der Waals surface area (Å²) < 4.78 is 1.77. The summed E-state index contributed by atoms with van der Waals surface area (Å²) in [6.45, 7) is 1.88. The van der Waals surface area contributed by atoms with Crippen LogP contribution in [0.3, 0.4) is 0 Å². The molecule has 0 atom stereocenters. The summed E-state index contributed by atoms with van der Waals surface area (Å²) in [6, 6.07) is 7.38. The number of anilines is 1.